The predicted octanol–water partition coefficient (Wildman–Crippen LogP) is 1.36. The van der Waals surface area contributed by atoms with Gasteiger partial charge in [-0.2, -0.15) is 9.97 Å². The lowest BCUT2D eigenvalue weighted by Crippen LogP contribution is -2.40. The lowest BCUT2D eigenvalue weighted by Gasteiger charge is -2.10. The summed E-state index contributed by atoms with van der Waals surface area (Å²) < 4.78 is 7.36. The molecule has 0 saturated heterocycles. The van der Waals surface area contributed by atoms with Crippen molar-refractivity contribution in [2.45, 2.75) is 45.7 Å². The maximum Gasteiger partial charge on any atom is 0.332 e. The van der Waals surface area contributed by atoms with Gasteiger partial charge >= 0.3 is 5.69 Å². The lowest BCUT2D eigenvalue weighted by atomic mass is 10.3. The second kappa shape index (κ2) is 7.00. The van der Waals surface area contributed by atoms with Crippen LogP contribution in [-0.4, -0.2) is 29.2 Å². The Morgan fingerprint density at radius 2 is 2.04 bits per heavy atom. The number of rotatable bonds is 7. The molecule has 0 unspecified atom stereocenters. The zero-order valence-corrected chi connectivity index (χ0v) is 13.9. The van der Waals surface area contributed by atoms with E-state index in [4.69, 9.17) is 11.6 Å². The molecule has 0 aromatic carbocycles. The van der Waals surface area contributed by atoms with Crippen LogP contribution in [0.15, 0.2) is 20.5 Å². The molecule has 0 aliphatic heterocycles. The van der Waals surface area contributed by atoms with E-state index in [-0.39, 0.29) is 23.0 Å². The number of halogens is 1. The number of fused-ring (bicyclic) bond motifs is 1. The average Bonchev–Trinajstić information content (AvgIpc) is 3.20. The third-order valence-electron chi connectivity index (χ3n) is 3.76. The third-order valence-corrected chi connectivity index (χ3v) is 3.94. The maximum absolute atomic E-state index is 12.7. The predicted molar refractivity (Wildman–Crippen MR) is 87.2 cm³/mol. The Kier molecular flexibility index (Phi) is 4.79. The van der Waals surface area contributed by atoms with Gasteiger partial charge in [0, 0.05) is 19.5 Å². The first-order valence-electron chi connectivity index (χ1n) is 7.76. The standard InChI is InChI=1S/C14H17ClN6O3/c1-2-3-6-20-11-10(17-13(15)18-11)12(22)21(14(20)23)7-4-5-9-16-8-24-19-9/h8H,2-7H2,1H3,(H,17,18). The van der Waals surface area contributed by atoms with Gasteiger partial charge in [-0.3, -0.25) is 13.9 Å². The summed E-state index contributed by atoms with van der Waals surface area (Å²) in [7, 11) is 0. The fourth-order valence-corrected chi connectivity index (χ4v) is 2.73. The van der Waals surface area contributed by atoms with Gasteiger partial charge in [0.05, 0.1) is 0 Å². The van der Waals surface area contributed by atoms with Gasteiger partial charge in [-0.25, -0.2) is 4.79 Å². The van der Waals surface area contributed by atoms with Gasteiger partial charge in [0.15, 0.2) is 17.0 Å². The minimum Gasteiger partial charge on any atom is -0.343 e. The van der Waals surface area contributed by atoms with Crippen molar-refractivity contribution in [3.63, 3.8) is 0 Å². The molecule has 0 bridgehead atoms. The van der Waals surface area contributed by atoms with E-state index in [0.717, 1.165) is 12.8 Å². The molecule has 0 atom stereocenters. The Hall–Kier alpha value is -2.42. The van der Waals surface area contributed by atoms with E-state index in [1.165, 1.54) is 15.5 Å². The number of aromatic amines is 1. The topological polar surface area (TPSA) is 112 Å². The Labute approximate surface area is 141 Å². The van der Waals surface area contributed by atoms with E-state index in [1.807, 2.05) is 6.92 Å². The molecule has 1 N–H and O–H groups in total. The number of nitrogens with one attached hydrogen (secondary N) is 1. The van der Waals surface area contributed by atoms with Crippen molar-refractivity contribution in [2.75, 3.05) is 0 Å². The molecule has 0 fully saturated rings. The number of H-pyrrole nitrogens is 1. The first kappa shape index (κ1) is 16.4. The molecule has 3 heterocycles. The molecule has 3 aromatic heterocycles. The van der Waals surface area contributed by atoms with Crippen LogP contribution >= 0.6 is 11.6 Å². The number of hydrogen-bond donors (Lipinski definition) is 1. The van der Waals surface area contributed by atoms with Crippen molar-refractivity contribution in [3.05, 3.63) is 38.3 Å². The Morgan fingerprint density at radius 1 is 1.25 bits per heavy atom. The van der Waals surface area contributed by atoms with E-state index < -0.39 is 5.56 Å². The van der Waals surface area contributed by atoms with Gasteiger partial charge < -0.3 is 9.51 Å². The molecular formula is C14H17ClN6O3. The highest BCUT2D eigenvalue weighted by Gasteiger charge is 2.16. The van der Waals surface area contributed by atoms with Crippen LogP contribution in [0, 0.1) is 0 Å². The molecule has 0 radical (unpaired) electrons. The largest absolute Gasteiger partial charge is 0.343 e. The fourth-order valence-electron chi connectivity index (χ4n) is 2.55. The SMILES string of the molecule is CCCCn1c(=O)n(CCCc2ncon2)c(=O)c2[nH]c(Cl)nc21. The lowest BCUT2D eigenvalue weighted by molar-refractivity contribution is 0.408. The summed E-state index contributed by atoms with van der Waals surface area (Å²) in [5, 5.41) is 3.81. The van der Waals surface area contributed by atoms with Gasteiger partial charge in [0.2, 0.25) is 11.7 Å². The molecule has 3 rings (SSSR count). The van der Waals surface area contributed by atoms with Crippen molar-refractivity contribution in [3.8, 4) is 0 Å². The fraction of sp³-hybridized carbons (Fsp3) is 0.500. The number of aromatic nitrogens is 6. The quantitative estimate of drug-likeness (QED) is 0.642. The molecule has 3 aromatic rings. The monoisotopic (exact) mass is 352 g/mol. The zero-order valence-electron chi connectivity index (χ0n) is 13.2. The van der Waals surface area contributed by atoms with Crippen LogP contribution in [0.1, 0.15) is 32.0 Å². The second-order valence-corrected chi connectivity index (χ2v) is 5.78. The number of unbranched alkanes of at least 4 members (excludes halogenated alkanes) is 1. The zero-order chi connectivity index (χ0) is 17.1. The summed E-state index contributed by atoms with van der Waals surface area (Å²) in [6, 6.07) is 0. The highest BCUT2D eigenvalue weighted by atomic mass is 35.5. The Bertz CT molecular complexity index is 940. The van der Waals surface area contributed by atoms with Gasteiger partial charge in [0.25, 0.3) is 5.56 Å². The molecule has 0 saturated carbocycles. The van der Waals surface area contributed by atoms with Crippen LogP contribution < -0.4 is 11.2 Å². The molecule has 0 aliphatic rings. The molecular weight excluding hydrogens is 336 g/mol. The van der Waals surface area contributed by atoms with Crippen LogP contribution in [-0.2, 0) is 19.5 Å². The van der Waals surface area contributed by atoms with Crippen molar-refractivity contribution in [1.29, 1.82) is 0 Å². The van der Waals surface area contributed by atoms with Crippen molar-refractivity contribution >= 4 is 22.8 Å². The minimum absolute atomic E-state index is 0.0938. The van der Waals surface area contributed by atoms with E-state index in [2.05, 4.69) is 24.6 Å². The number of imidazole rings is 1. The van der Waals surface area contributed by atoms with Crippen molar-refractivity contribution in [2.24, 2.45) is 0 Å². The minimum atomic E-state index is -0.421. The number of hydrogen-bond acceptors (Lipinski definition) is 6. The van der Waals surface area contributed by atoms with Crippen LogP contribution in [0.3, 0.4) is 0 Å². The van der Waals surface area contributed by atoms with Gasteiger partial charge in [-0.05, 0) is 24.4 Å². The molecule has 0 spiro atoms. The van der Waals surface area contributed by atoms with Gasteiger partial charge in [-0.15, -0.1) is 0 Å². The summed E-state index contributed by atoms with van der Waals surface area (Å²) in [6.45, 7) is 2.77. The first-order valence-corrected chi connectivity index (χ1v) is 8.13. The van der Waals surface area contributed by atoms with Crippen LogP contribution in [0.2, 0.25) is 5.28 Å². The Morgan fingerprint density at radius 3 is 2.75 bits per heavy atom. The highest BCUT2D eigenvalue weighted by molar-refractivity contribution is 6.28. The second-order valence-electron chi connectivity index (χ2n) is 5.42. The normalized spacial score (nSPS) is 11.4. The van der Waals surface area contributed by atoms with Crippen molar-refractivity contribution < 1.29 is 4.52 Å². The van der Waals surface area contributed by atoms with Crippen LogP contribution in [0.5, 0.6) is 0 Å². The molecule has 10 heteroatoms. The molecule has 24 heavy (non-hydrogen) atoms. The summed E-state index contributed by atoms with van der Waals surface area (Å²) in [4.78, 5) is 36.0. The van der Waals surface area contributed by atoms with Crippen molar-refractivity contribution in [1.82, 2.24) is 29.2 Å². The summed E-state index contributed by atoms with van der Waals surface area (Å²) in [6.07, 6.45) is 4.02. The summed E-state index contributed by atoms with van der Waals surface area (Å²) in [5.41, 5.74) is -0.249. The summed E-state index contributed by atoms with van der Waals surface area (Å²) >= 11 is 5.88. The van der Waals surface area contributed by atoms with Crippen LogP contribution in [0.4, 0.5) is 0 Å². The van der Waals surface area contributed by atoms with Gasteiger partial charge in [-0.1, -0.05) is 18.5 Å². The molecule has 0 aliphatic carbocycles. The van der Waals surface area contributed by atoms with E-state index in [9.17, 15) is 9.59 Å². The molecule has 9 nitrogen and oxygen atoms in total. The smallest absolute Gasteiger partial charge is 0.332 e. The Balaban J connectivity index is 1.96. The first-order chi connectivity index (χ1) is 11.6. The van der Waals surface area contributed by atoms with Gasteiger partial charge in [0.1, 0.15) is 0 Å². The molecule has 128 valence electrons. The van der Waals surface area contributed by atoms with E-state index in [1.54, 1.807) is 0 Å². The van der Waals surface area contributed by atoms with E-state index >= 15 is 0 Å². The molecule has 0 amide bonds. The number of aryl methyl sites for hydroxylation is 2. The maximum atomic E-state index is 12.7. The third kappa shape index (κ3) is 3.12. The summed E-state index contributed by atoms with van der Waals surface area (Å²) in [5.74, 6) is 0.542. The van der Waals surface area contributed by atoms with E-state index in [0.29, 0.717) is 30.9 Å². The highest BCUT2D eigenvalue weighted by Crippen LogP contribution is 2.10. The van der Waals surface area contributed by atoms with Crippen LogP contribution in [0.25, 0.3) is 11.2 Å². The average molecular weight is 353 g/mol. The number of nitrogens with zero attached hydrogens (tertiary/aromatic N) is 5.